The van der Waals surface area contributed by atoms with Crippen LogP contribution < -0.4 is 0 Å². The minimum Gasteiger partial charge on any atom is -0.262 e. The van der Waals surface area contributed by atoms with Crippen LogP contribution in [0.4, 0.5) is 0 Å². The Morgan fingerprint density at radius 3 is 1.43 bits per heavy atom. The Kier molecular flexibility index (Phi) is 10.1. The molecule has 0 aliphatic carbocycles. The maximum Gasteiger partial charge on any atom is 0.0886 e. The second kappa shape index (κ2) is 16.9. The quantitative estimate of drug-likeness (QED) is 0.0779. The highest BCUT2D eigenvalue weighted by atomic mass is 14.8. The monoisotopic (exact) mass is 832 g/mol. The molecule has 65 heavy (non-hydrogen) atoms. The van der Waals surface area contributed by atoms with Crippen molar-refractivity contribution in [3.8, 4) is 67.3 Å². The minimum absolute atomic E-state index is 0.701. The second-order valence-electron chi connectivity index (χ2n) is 16.0. The first-order valence-corrected chi connectivity index (χ1v) is 21.6. The minimum atomic E-state index is 0.701. The van der Waals surface area contributed by atoms with Gasteiger partial charge in [-0.1, -0.05) is 115 Å². The van der Waals surface area contributed by atoms with Gasteiger partial charge in [-0.15, -0.1) is 0 Å². The molecule has 0 saturated heterocycles. The summed E-state index contributed by atoms with van der Waals surface area (Å²) >= 11 is 0. The van der Waals surface area contributed by atoms with Gasteiger partial charge in [0.05, 0.1) is 34.2 Å². The van der Waals surface area contributed by atoms with Crippen molar-refractivity contribution in [1.82, 2.24) is 24.9 Å². The molecule has 0 fully saturated rings. The molecule has 0 aliphatic heterocycles. The van der Waals surface area contributed by atoms with Crippen molar-refractivity contribution in [3.05, 3.63) is 224 Å². The third-order valence-electron chi connectivity index (χ3n) is 12.2. The van der Waals surface area contributed by atoms with Gasteiger partial charge in [-0.2, -0.15) is 0 Å². The summed E-state index contributed by atoms with van der Waals surface area (Å²) in [6, 6.07) is 59.4. The van der Waals surface area contributed by atoms with E-state index in [1.54, 1.807) is 18.6 Å². The van der Waals surface area contributed by atoms with Gasteiger partial charge in [-0.3, -0.25) is 29.9 Å². The molecule has 306 valence electrons. The highest BCUT2D eigenvalue weighted by Gasteiger charge is 2.21. The summed E-state index contributed by atoms with van der Waals surface area (Å²) in [5.74, 6) is 0. The molecule has 0 amide bonds. The van der Waals surface area contributed by atoms with Gasteiger partial charge in [0, 0.05) is 42.1 Å². The number of pyridine rings is 5. The number of hydrogen-bond acceptors (Lipinski definition) is 6. The van der Waals surface area contributed by atoms with Crippen molar-refractivity contribution in [1.29, 1.82) is 0 Å². The summed E-state index contributed by atoms with van der Waals surface area (Å²) < 4.78 is 0. The van der Waals surface area contributed by atoms with Crippen LogP contribution in [0, 0.1) is 0 Å². The fraction of sp³-hybridized carbons (Fsp3) is 0.0169. The lowest BCUT2D eigenvalue weighted by molar-refractivity contribution is 1.25. The summed E-state index contributed by atoms with van der Waals surface area (Å²) in [7, 11) is 0. The summed E-state index contributed by atoms with van der Waals surface area (Å²) in [6.45, 7) is 6.04. The van der Waals surface area contributed by atoms with Crippen LogP contribution in [0.15, 0.2) is 218 Å². The van der Waals surface area contributed by atoms with E-state index in [4.69, 9.17) is 9.97 Å². The molecule has 0 saturated carbocycles. The Morgan fingerprint density at radius 2 is 0.892 bits per heavy atom. The first-order chi connectivity index (χ1) is 32.1. The predicted octanol–water partition coefficient (Wildman–Crippen LogP) is 14.7. The predicted molar refractivity (Wildman–Crippen MR) is 269 cm³/mol. The molecule has 0 atom stereocenters. The Bertz CT molecular complexity index is 3450. The van der Waals surface area contributed by atoms with E-state index in [9.17, 15) is 0 Å². The SMILES string of the molecule is C=N/C(=C\C=C(/C)c1cc(-c2ccc(-c3ccccn3)nc2)c2ccc3c(-c4ccc(-c5ccccn5)nc4)cc(-c4ccc(-c5ccccc5)cc4)c4ccc1c2c43)c1ccccn1. The van der Waals surface area contributed by atoms with Crippen molar-refractivity contribution in [2.75, 3.05) is 0 Å². The van der Waals surface area contributed by atoms with Crippen molar-refractivity contribution in [3.63, 3.8) is 0 Å². The van der Waals surface area contributed by atoms with Crippen LogP contribution in [0.25, 0.3) is 111 Å². The zero-order valence-corrected chi connectivity index (χ0v) is 35.6. The first kappa shape index (κ1) is 39.1. The lowest BCUT2D eigenvalue weighted by atomic mass is 9.82. The molecule has 0 unspecified atom stereocenters. The Morgan fingerprint density at radius 1 is 0.415 bits per heavy atom. The topological polar surface area (TPSA) is 76.8 Å². The van der Waals surface area contributed by atoms with Gasteiger partial charge in [0.2, 0.25) is 0 Å². The molecule has 5 aromatic heterocycles. The third-order valence-corrected chi connectivity index (χ3v) is 12.2. The van der Waals surface area contributed by atoms with E-state index in [0.29, 0.717) is 5.70 Å². The Labute approximate surface area is 377 Å². The third kappa shape index (κ3) is 7.33. The van der Waals surface area contributed by atoms with Crippen molar-refractivity contribution < 1.29 is 0 Å². The Balaban J connectivity index is 1.17. The zero-order chi connectivity index (χ0) is 43.7. The lowest BCUT2D eigenvalue weighted by Crippen LogP contribution is -1.96. The average molecular weight is 833 g/mol. The van der Waals surface area contributed by atoms with Gasteiger partial charge >= 0.3 is 0 Å². The summed E-state index contributed by atoms with van der Waals surface area (Å²) in [5.41, 5.74) is 15.9. The van der Waals surface area contributed by atoms with Gasteiger partial charge in [0.1, 0.15) is 0 Å². The van der Waals surface area contributed by atoms with E-state index in [-0.39, 0.29) is 0 Å². The largest absolute Gasteiger partial charge is 0.262 e. The maximum absolute atomic E-state index is 4.96. The highest BCUT2D eigenvalue weighted by molar-refractivity contribution is 6.31. The molecular weight excluding hydrogens is 793 g/mol. The zero-order valence-electron chi connectivity index (χ0n) is 35.6. The van der Waals surface area contributed by atoms with Gasteiger partial charge in [-0.25, -0.2) is 0 Å². The number of aliphatic imine (C=N–C) groups is 1. The molecule has 0 bridgehead atoms. The summed E-state index contributed by atoms with van der Waals surface area (Å²) in [5, 5.41) is 7.00. The van der Waals surface area contributed by atoms with Crippen LogP contribution in [-0.2, 0) is 0 Å². The number of aromatic nitrogens is 5. The number of allylic oxidation sites excluding steroid dienone is 3. The number of rotatable bonds is 10. The molecule has 0 spiro atoms. The van der Waals surface area contributed by atoms with E-state index in [1.807, 2.05) is 73.1 Å². The van der Waals surface area contributed by atoms with Crippen molar-refractivity contribution in [2.45, 2.75) is 6.92 Å². The molecule has 6 aromatic carbocycles. The van der Waals surface area contributed by atoms with Crippen LogP contribution in [-0.4, -0.2) is 31.6 Å². The standard InChI is InChI=1S/C59H40N6/c1-38(17-28-52(60-2)53-14-6-9-31-61-53)48-34-50(42-22-29-56(64-36-42)54-15-7-10-32-62-54)46-26-27-47-51(43-23-30-57(65-37-43)55-16-8-11-33-63-55)35-49(45-25-24-44(48)58(46)59(45)47)41-20-18-40(19-21-41)39-12-4-3-5-13-39/h3-37H,2H2,1H3/b38-17+,52-28-. The molecule has 0 N–H and O–H groups in total. The molecule has 11 rings (SSSR count). The van der Waals surface area contributed by atoms with Crippen molar-refractivity contribution >= 4 is 50.3 Å². The fourth-order valence-electron chi connectivity index (χ4n) is 8.97. The van der Waals surface area contributed by atoms with Gasteiger partial charge in [0.25, 0.3) is 0 Å². The number of hydrogen-bond donors (Lipinski definition) is 0. The molecular formula is C59H40N6. The Hall–Kier alpha value is -8.74. The molecule has 6 nitrogen and oxygen atoms in total. The highest BCUT2D eigenvalue weighted by Crippen LogP contribution is 2.48. The van der Waals surface area contributed by atoms with E-state index in [2.05, 4.69) is 155 Å². The smallest absolute Gasteiger partial charge is 0.0886 e. The van der Waals surface area contributed by atoms with Crippen molar-refractivity contribution in [2.24, 2.45) is 4.99 Å². The molecule has 6 heteroatoms. The van der Waals surface area contributed by atoms with Crippen LogP contribution in [0.5, 0.6) is 0 Å². The molecule has 5 heterocycles. The van der Waals surface area contributed by atoms with E-state index < -0.39 is 0 Å². The molecule has 0 aliphatic rings. The average Bonchev–Trinajstić information content (AvgIpc) is 3.39. The van der Waals surface area contributed by atoms with E-state index in [1.165, 1.54) is 27.3 Å². The number of nitrogens with zero attached hydrogens (tertiary/aromatic N) is 6. The summed E-state index contributed by atoms with van der Waals surface area (Å²) in [4.78, 5) is 28.0. The van der Waals surface area contributed by atoms with Crippen LogP contribution in [0.1, 0.15) is 18.2 Å². The van der Waals surface area contributed by atoms with Crippen LogP contribution in [0.3, 0.4) is 0 Å². The molecule has 0 radical (unpaired) electrons. The second-order valence-corrected chi connectivity index (χ2v) is 16.0. The van der Waals surface area contributed by atoms with Crippen LogP contribution >= 0.6 is 0 Å². The summed E-state index contributed by atoms with van der Waals surface area (Å²) in [6.07, 6.45) is 13.5. The van der Waals surface area contributed by atoms with E-state index >= 15 is 0 Å². The van der Waals surface area contributed by atoms with Gasteiger partial charge in [-0.05, 0) is 157 Å². The van der Waals surface area contributed by atoms with Gasteiger partial charge < -0.3 is 0 Å². The maximum atomic E-state index is 4.96. The molecule has 11 aromatic rings. The van der Waals surface area contributed by atoms with Gasteiger partial charge in [0.15, 0.2) is 0 Å². The van der Waals surface area contributed by atoms with Crippen LogP contribution in [0.2, 0.25) is 0 Å². The number of benzene rings is 6. The normalized spacial score (nSPS) is 12.0. The fourth-order valence-corrected chi connectivity index (χ4v) is 8.97. The first-order valence-electron chi connectivity index (χ1n) is 21.6. The van der Waals surface area contributed by atoms with E-state index in [0.717, 1.165) is 89.1 Å². The lowest BCUT2D eigenvalue weighted by Gasteiger charge is -2.21.